The molecule has 2 rings (SSSR count). The van der Waals surface area contributed by atoms with Crippen LogP contribution in [-0.4, -0.2) is 25.0 Å². The minimum atomic E-state index is 0. The summed E-state index contributed by atoms with van der Waals surface area (Å²) in [7, 11) is 0. The predicted molar refractivity (Wildman–Crippen MR) is 92.4 cm³/mol. The summed E-state index contributed by atoms with van der Waals surface area (Å²) in [6, 6.07) is 4.54. The average Bonchev–Trinajstić information content (AvgIpc) is 2.83. The van der Waals surface area contributed by atoms with E-state index in [2.05, 4.69) is 36.6 Å². The van der Waals surface area contributed by atoms with Crippen molar-refractivity contribution in [3.8, 4) is 0 Å². The molecule has 1 aromatic rings. The van der Waals surface area contributed by atoms with Crippen molar-refractivity contribution in [1.29, 1.82) is 0 Å². The van der Waals surface area contributed by atoms with Crippen LogP contribution in [0, 0.1) is 12.8 Å². The van der Waals surface area contributed by atoms with E-state index >= 15 is 0 Å². The van der Waals surface area contributed by atoms with E-state index in [0.717, 1.165) is 31.8 Å². The number of amides is 1. The minimum absolute atomic E-state index is 0. The first-order chi connectivity index (χ1) is 9.63. The number of carbonyl (C=O) groups excluding carboxylic acids is 1. The number of halogens is 1. The molecular formula is C16H27ClN2OS. The standard InChI is InChI=1S/C16H26N2OS.ClH/c1-12(11-15-5-3-13(2)20-15)18-16(19)6-4-14-7-9-17-10-8-14;/h3,5,12,14,17H,4,6-11H2,1-2H3,(H,18,19);1H. The zero-order valence-corrected chi connectivity index (χ0v) is 14.6. The lowest BCUT2D eigenvalue weighted by molar-refractivity contribution is -0.122. The third-order valence-corrected chi connectivity index (χ3v) is 4.97. The molecule has 0 aliphatic carbocycles. The van der Waals surface area contributed by atoms with Crippen LogP contribution in [0.1, 0.15) is 42.4 Å². The first-order valence-electron chi connectivity index (χ1n) is 7.69. The van der Waals surface area contributed by atoms with Gasteiger partial charge in [-0.15, -0.1) is 23.7 Å². The van der Waals surface area contributed by atoms with Gasteiger partial charge in [0, 0.05) is 28.6 Å². The lowest BCUT2D eigenvalue weighted by Gasteiger charge is -2.22. The van der Waals surface area contributed by atoms with Crippen molar-refractivity contribution in [1.82, 2.24) is 10.6 Å². The molecular weight excluding hydrogens is 304 g/mol. The molecule has 1 aliphatic heterocycles. The molecule has 1 atom stereocenters. The highest BCUT2D eigenvalue weighted by atomic mass is 35.5. The minimum Gasteiger partial charge on any atom is -0.353 e. The summed E-state index contributed by atoms with van der Waals surface area (Å²) in [6.07, 6.45) is 5.10. The van der Waals surface area contributed by atoms with Crippen molar-refractivity contribution in [2.24, 2.45) is 5.92 Å². The normalized spacial score (nSPS) is 17.0. The molecule has 0 bridgehead atoms. The topological polar surface area (TPSA) is 41.1 Å². The van der Waals surface area contributed by atoms with Crippen molar-refractivity contribution in [2.75, 3.05) is 13.1 Å². The number of nitrogens with one attached hydrogen (secondary N) is 2. The zero-order chi connectivity index (χ0) is 14.4. The first-order valence-corrected chi connectivity index (χ1v) is 8.50. The quantitative estimate of drug-likeness (QED) is 0.840. The summed E-state index contributed by atoms with van der Waals surface area (Å²) in [5, 5.41) is 6.49. The van der Waals surface area contributed by atoms with E-state index in [9.17, 15) is 4.79 Å². The van der Waals surface area contributed by atoms with Gasteiger partial charge in [-0.25, -0.2) is 0 Å². The fraction of sp³-hybridized carbons (Fsp3) is 0.688. The Hall–Kier alpha value is -0.580. The van der Waals surface area contributed by atoms with Gasteiger partial charge in [0.05, 0.1) is 0 Å². The molecule has 1 aliphatic rings. The first kappa shape index (κ1) is 18.5. The molecule has 21 heavy (non-hydrogen) atoms. The number of thiophene rings is 1. The molecule has 1 amide bonds. The molecule has 0 spiro atoms. The van der Waals surface area contributed by atoms with E-state index in [0.29, 0.717) is 6.42 Å². The molecule has 5 heteroatoms. The summed E-state index contributed by atoms with van der Waals surface area (Å²) < 4.78 is 0. The number of carbonyl (C=O) groups is 1. The third-order valence-electron chi connectivity index (χ3n) is 3.95. The van der Waals surface area contributed by atoms with E-state index in [-0.39, 0.29) is 24.4 Å². The largest absolute Gasteiger partial charge is 0.353 e. The van der Waals surface area contributed by atoms with Crippen molar-refractivity contribution >= 4 is 29.7 Å². The van der Waals surface area contributed by atoms with Gasteiger partial charge in [-0.3, -0.25) is 4.79 Å². The molecule has 1 saturated heterocycles. The Morgan fingerprint density at radius 3 is 2.76 bits per heavy atom. The van der Waals surface area contributed by atoms with E-state index in [1.165, 1.54) is 22.6 Å². The fourth-order valence-electron chi connectivity index (χ4n) is 2.80. The second-order valence-electron chi connectivity index (χ2n) is 5.92. The smallest absolute Gasteiger partial charge is 0.220 e. The molecule has 0 radical (unpaired) electrons. The van der Waals surface area contributed by atoms with Gasteiger partial charge in [-0.2, -0.15) is 0 Å². The molecule has 1 unspecified atom stereocenters. The van der Waals surface area contributed by atoms with Crippen LogP contribution in [0.25, 0.3) is 0 Å². The molecule has 3 nitrogen and oxygen atoms in total. The van der Waals surface area contributed by atoms with Crippen molar-refractivity contribution < 1.29 is 4.79 Å². The van der Waals surface area contributed by atoms with Crippen LogP contribution in [0.4, 0.5) is 0 Å². The monoisotopic (exact) mass is 330 g/mol. The van der Waals surface area contributed by atoms with Crippen molar-refractivity contribution in [3.63, 3.8) is 0 Å². The predicted octanol–water partition coefficient (Wildman–Crippen LogP) is 3.31. The third kappa shape index (κ3) is 6.81. The van der Waals surface area contributed by atoms with E-state index in [1.54, 1.807) is 0 Å². The molecule has 0 saturated carbocycles. The van der Waals surface area contributed by atoms with Gasteiger partial charge in [-0.1, -0.05) is 0 Å². The molecule has 0 aromatic carbocycles. The highest BCUT2D eigenvalue weighted by Gasteiger charge is 2.15. The van der Waals surface area contributed by atoms with Crippen LogP contribution in [0.15, 0.2) is 12.1 Å². The summed E-state index contributed by atoms with van der Waals surface area (Å²) in [5.41, 5.74) is 0. The van der Waals surface area contributed by atoms with Gasteiger partial charge in [0.15, 0.2) is 0 Å². The summed E-state index contributed by atoms with van der Waals surface area (Å²) >= 11 is 1.82. The zero-order valence-electron chi connectivity index (χ0n) is 13.0. The maximum Gasteiger partial charge on any atom is 0.220 e. The van der Waals surface area contributed by atoms with Crippen LogP contribution < -0.4 is 10.6 Å². The van der Waals surface area contributed by atoms with Gasteiger partial charge in [-0.05, 0) is 64.3 Å². The maximum atomic E-state index is 12.0. The van der Waals surface area contributed by atoms with Gasteiger partial charge >= 0.3 is 0 Å². The van der Waals surface area contributed by atoms with Gasteiger partial charge in [0.2, 0.25) is 5.91 Å². The Labute approximate surface area is 138 Å². The van der Waals surface area contributed by atoms with E-state index < -0.39 is 0 Å². The van der Waals surface area contributed by atoms with Crippen molar-refractivity contribution in [3.05, 3.63) is 21.9 Å². The van der Waals surface area contributed by atoms with Crippen LogP contribution in [-0.2, 0) is 11.2 Å². The van der Waals surface area contributed by atoms with Gasteiger partial charge in [0.25, 0.3) is 0 Å². The Balaban J connectivity index is 0.00000220. The number of piperidine rings is 1. The Morgan fingerprint density at radius 2 is 2.14 bits per heavy atom. The van der Waals surface area contributed by atoms with E-state index in [1.807, 2.05) is 11.3 Å². The van der Waals surface area contributed by atoms with Gasteiger partial charge < -0.3 is 10.6 Å². The van der Waals surface area contributed by atoms with Crippen LogP contribution in [0.5, 0.6) is 0 Å². The summed E-state index contributed by atoms with van der Waals surface area (Å²) in [5.74, 6) is 0.946. The summed E-state index contributed by atoms with van der Waals surface area (Å²) in [6.45, 7) is 6.44. The molecule has 1 fully saturated rings. The fourth-order valence-corrected chi connectivity index (χ4v) is 3.82. The number of hydrogen-bond acceptors (Lipinski definition) is 3. The summed E-state index contributed by atoms with van der Waals surface area (Å²) in [4.78, 5) is 14.7. The number of hydrogen-bond donors (Lipinski definition) is 2. The number of aryl methyl sites for hydroxylation is 1. The molecule has 2 heterocycles. The lowest BCUT2D eigenvalue weighted by Crippen LogP contribution is -2.34. The Kier molecular flexibility index (Phi) is 8.30. The highest BCUT2D eigenvalue weighted by molar-refractivity contribution is 7.11. The lowest BCUT2D eigenvalue weighted by atomic mass is 9.93. The SMILES string of the molecule is Cc1ccc(CC(C)NC(=O)CCC2CCNCC2)s1.Cl. The van der Waals surface area contributed by atoms with Gasteiger partial charge in [0.1, 0.15) is 0 Å². The van der Waals surface area contributed by atoms with Crippen LogP contribution in [0.2, 0.25) is 0 Å². The van der Waals surface area contributed by atoms with E-state index in [4.69, 9.17) is 0 Å². The molecule has 2 N–H and O–H groups in total. The highest BCUT2D eigenvalue weighted by Crippen LogP contribution is 2.18. The van der Waals surface area contributed by atoms with Crippen LogP contribution >= 0.6 is 23.7 Å². The molecule has 120 valence electrons. The Morgan fingerprint density at radius 1 is 1.43 bits per heavy atom. The second-order valence-corrected chi connectivity index (χ2v) is 7.29. The van der Waals surface area contributed by atoms with Crippen molar-refractivity contribution in [2.45, 2.75) is 52.0 Å². The van der Waals surface area contributed by atoms with Crippen LogP contribution in [0.3, 0.4) is 0 Å². The second kappa shape index (κ2) is 9.44. The number of rotatable bonds is 6. The average molecular weight is 331 g/mol. The molecule has 1 aromatic heterocycles. The Bertz CT molecular complexity index is 430. The maximum absolute atomic E-state index is 12.0.